The number of halogens is 9. The molecule has 1 atom stereocenters. The van der Waals surface area contributed by atoms with Gasteiger partial charge in [0, 0.05) is 0 Å². The summed E-state index contributed by atoms with van der Waals surface area (Å²) in [6.07, 6.45) is -6.34. The van der Waals surface area contributed by atoms with Gasteiger partial charge in [0.15, 0.2) is 11.1 Å². The van der Waals surface area contributed by atoms with Crippen LogP contribution < -0.4 is 0 Å². The molecule has 0 amide bonds. The van der Waals surface area contributed by atoms with Crippen molar-refractivity contribution in [2.45, 2.75) is 17.7 Å². The molecule has 0 aromatic heterocycles. The number of hydrogen-bond acceptors (Lipinski definition) is 1. The van der Waals surface area contributed by atoms with E-state index in [-0.39, 0.29) is 0 Å². The van der Waals surface area contributed by atoms with Crippen molar-refractivity contribution in [2.75, 3.05) is 0 Å². The van der Waals surface area contributed by atoms with Gasteiger partial charge in [-0.1, -0.05) is 0 Å². The third-order valence-corrected chi connectivity index (χ3v) is 1.50. The molecule has 0 heterocycles. The standard InChI is InChI=1S/C3F9NS/c4-1(5,6)2(7,8)13-14(12)3(9,10)11. The SMILES string of the molecule is F/S(=N\C(F)(F)C(F)(F)F)C(F)(F)F. The molecule has 0 bridgehead atoms. The van der Waals surface area contributed by atoms with Crippen LogP contribution >= 0.6 is 0 Å². The van der Waals surface area contributed by atoms with Crippen molar-refractivity contribution >= 4 is 11.1 Å². The monoisotopic (exact) mass is 253 g/mol. The molecule has 0 N–H and O–H groups in total. The maximum absolute atomic E-state index is 11.7. The highest BCUT2D eigenvalue weighted by atomic mass is 32.2. The van der Waals surface area contributed by atoms with Crippen LogP contribution in [0.2, 0.25) is 0 Å². The molecular formula is C3F9NS. The van der Waals surface area contributed by atoms with Crippen LogP contribution in [0, 0.1) is 0 Å². The molecular weight excluding hydrogens is 253 g/mol. The first-order chi connectivity index (χ1) is 5.88. The fraction of sp³-hybridized carbons (Fsp3) is 1.00. The summed E-state index contributed by atoms with van der Waals surface area (Å²) in [6, 6.07) is -6.04. The van der Waals surface area contributed by atoms with E-state index in [4.69, 9.17) is 0 Å². The summed E-state index contributed by atoms with van der Waals surface area (Å²) < 4.78 is 103. The Kier molecular flexibility index (Phi) is 3.46. The number of hydrogen-bond donors (Lipinski definition) is 0. The molecule has 0 radical (unpaired) electrons. The molecule has 0 fully saturated rings. The van der Waals surface area contributed by atoms with Crippen molar-refractivity contribution < 1.29 is 39.0 Å². The summed E-state index contributed by atoms with van der Waals surface area (Å²) in [6.45, 7) is 0. The maximum Gasteiger partial charge on any atom is 0.482 e. The molecule has 0 rings (SSSR count). The van der Waals surface area contributed by atoms with Gasteiger partial charge in [0.1, 0.15) is 0 Å². The van der Waals surface area contributed by atoms with E-state index in [9.17, 15) is 39.0 Å². The first-order valence-electron chi connectivity index (χ1n) is 2.53. The molecule has 0 aromatic rings. The molecule has 1 nitrogen and oxygen atoms in total. The molecule has 0 saturated carbocycles. The van der Waals surface area contributed by atoms with E-state index in [0.29, 0.717) is 0 Å². The van der Waals surface area contributed by atoms with Gasteiger partial charge in [-0.2, -0.15) is 35.1 Å². The van der Waals surface area contributed by atoms with Crippen molar-refractivity contribution in [1.29, 1.82) is 0 Å². The van der Waals surface area contributed by atoms with Gasteiger partial charge in [-0.3, -0.25) is 0 Å². The third-order valence-electron chi connectivity index (χ3n) is 0.727. The molecule has 14 heavy (non-hydrogen) atoms. The van der Waals surface area contributed by atoms with E-state index in [2.05, 4.69) is 0 Å². The second kappa shape index (κ2) is 3.59. The van der Waals surface area contributed by atoms with Gasteiger partial charge in [-0.15, -0.1) is 8.25 Å². The largest absolute Gasteiger partial charge is 0.482 e. The van der Waals surface area contributed by atoms with Crippen molar-refractivity contribution in [3.8, 4) is 0 Å². The molecule has 11 heteroatoms. The Hall–Kier alpha value is -0.480. The minimum Gasteiger partial charge on any atom is -0.170 e. The lowest BCUT2D eigenvalue weighted by atomic mass is 10.6. The summed E-state index contributed by atoms with van der Waals surface area (Å²) in [5, 5.41) is 0. The minimum absolute atomic E-state index is 0.729. The van der Waals surface area contributed by atoms with E-state index in [1.54, 1.807) is 0 Å². The molecule has 1 unspecified atom stereocenters. The molecule has 0 aliphatic heterocycles. The molecule has 0 saturated heterocycles. The Bertz CT molecular complexity index is 235. The van der Waals surface area contributed by atoms with Gasteiger partial charge >= 0.3 is 17.7 Å². The summed E-state index contributed by atoms with van der Waals surface area (Å²) >= 11 is -4.85. The summed E-state index contributed by atoms with van der Waals surface area (Å²) in [7, 11) is 0. The Balaban J connectivity index is 5.00. The fourth-order valence-electron chi connectivity index (χ4n) is 0.204. The Morgan fingerprint density at radius 2 is 1.14 bits per heavy atom. The lowest BCUT2D eigenvalue weighted by Gasteiger charge is -2.15. The van der Waals surface area contributed by atoms with E-state index in [0.717, 1.165) is 4.36 Å². The van der Waals surface area contributed by atoms with Gasteiger partial charge in [-0.05, 0) is 0 Å². The van der Waals surface area contributed by atoms with Gasteiger partial charge in [-0.25, -0.2) is 0 Å². The quantitative estimate of drug-likeness (QED) is 0.502. The second-order valence-electron chi connectivity index (χ2n) is 1.81. The lowest BCUT2D eigenvalue weighted by Crippen LogP contribution is -2.35. The Labute approximate surface area is 73.3 Å². The number of alkyl halides is 8. The predicted octanol–water partition coefficient (Wildman–Crippen LogP) is 3.35. The van der Waals surface area contributed by atoms with Crippen LogP contribution in [0.15, 0.2) is 4.36 Å². The van der Waals surface area contributed by atoms with Crippen LogP contribution in [-0.2, 0) is 11.1 Å². The smallest absolute Gasteiger partial charge is 0.170 e. The average Bonchev–Trinajstić information content (AvgIpc) is 1.80. The van der Waals surface area contributed by atoms with Crippen LogP contribution in [0.1, 0.15) is 0 Å². The van der Waals surface area contributed by atoms with Gasteiger partial charge in [0.25, 0.3) is 0 Å². The normalized spacial score (nSPS) is 17.2. The zero-order valence-electron chi connectivity index (χ0n) is 5.76. The van der Waals surface area contributed by atoms with E-state index >= 15 is 0 Å². The Morgan fingerprint density at radius 3 is 1.36 bits per heavy atom. The van der Waals surface area contributed by atoms with Crippen LogP contribution in [0.25, 0.3) is 0 Å². The zero-order chi connectivity index (χ0) is 11.8. The summed E-state index contributed by atoms with van der Waals surface area (Å²) in [4.78, 5) is 0. The van der Waals surface area contributed by atoms with Gasteiger partial charge < -0.3 is 0 Å². The van der Waals surface area contributed by atoms with E-state index in [1.807, 2.05) is 0 Å². The van der Waals surface area contributed by atoms with Gasteiger partial charge in [0.2, 0.25) is 0 Å². The topological polar surface area (TPSA) is 12.4 Å². The van der Waals surface area contributed by atoms with Crippen molar-refractivity contribution in [1.82, 2.24) is 0 Å². The minimum atomic E-state index is -6.34. The Morgan fingerprint density at radius 1 is 0.786 bits per heavy atom. The van der Waals surface area contributed by atoms with Crippen molar-refractivity contribution in [3.63, 3.8) is 0 Å². The molecule has 0 aromatic carbocycles. The predicted molar refractivity (Wildman–Crippen MR) is 28.0 cm³/mol. The number of nitrogens with zero attached hydrogens (tertiary/aromatic N) is 1. The van der Waals surface area contributed by atoms with Crippen LogP contribution in [0.4, 0.5) is 39.0 Å². The van der Waals surface area contributed by atoms with E-state index in [1.165, 1.54) is 0 Å². The van der Waals surface area contributed by atoms with Crippen LogP contribution in [-0.4, -0.2) is 17.7 Å². The fourth-order valence-corrected chi connectivity index (χ4v) is 0.613. The van der Waals surface area contributed by atoms with Gasteiger partial charge in [0.05, 0.1) is 0 Å². The highest BCUT2D eigenvalue weighted by molar-refractivity contribution is 7.83. The first kappa shape index (κ1) is 13.5. The molecule has 0 spiro atoms. The molecule has 86 valence electrons. The highest BCUT2D eigenvalue weighted by Gasteiger charge is 2.60. The summed E-state index contributed by atoms with van der Waals surface area (Å²) in [5.41, 5.74) is -5.85. The third kappa shape index (κ3) is 3.35. The van der Waals surface area contributed by atoms with E-state index < -0.39 is 28.8 Å². The van der Waals surface area contributed by atoms with Crippen molar-refractivity contribution in [3.05, 3.63) is 0 Å². The highest BCUT2D eigenvalue weighted by Crippen LogP contribution is 2.39. The average molecular weight is 253 g/mol. The van der Waals surface area contributed by atoms with Crippen LogP contribution in [0.5, 0.6) is 0 Å². The maximum atomic E-state index is 11.7. The van der Waals surface area contributed by atoms with Crippen molar-refractivity contribution in [2.24, 2.45) is 4.36 Å². The summed E-state index contributed by atoms with van der Waals surface area (Å²) in [5.74, 6) is 0. The zero-order valence-corrected chi connectivity index (χ0v) is 6.57. The first-order valence-corrected chi connectivity index (χ1v) is 3.61. The van der Waals surface area contributed by atoms with Crippen LogP contribution in [0.3, 0.4) is 0 Å². The number of rotatable bonds is 1. The second-order valence-corrected chi connectivity index (χ2v) is 2.93. The molecule has 0 aliphatic carbocycles. The molecule has 0 aliphatic rings. The lowest BCUT2D eigenvalue weighted by molar-refractivity contribution is -0.277.